The smallest absolute Gasteiger partial charge is 0.377 e. The molecule has 1 rings (SSSR count). The molecule has 0 amide bonds. The van der Waals surface area contributed by atoms with E-state index in [1.807, 2.05) is 6.55 Å². The average molecular weight is 233 g/mol. The minimum Gasteiger partial charge on any atom is -0.377 e. The molecular weight excluding hydrogens is 210 g/mol. The van der Waals surface area contributed by atoms with Crippen molar-refractivity contribution in [1.29, 1.82) is 0 Å². The Morgan fingerprint density at radius 2 is 1.73 bits per heavy atom. The van der Waals surface area contributed by atoms with E-state index < -0.39 is 8.80 Å². The van der Waals surface area contributed by atoms with Crippen molar-refractivity contribution < 1.29 is 13.3 Å². The lowest BCUT2D eigenvalue weighted by atomic mass is 9.96. The predicted molar refractivity (Wildman–Crippen MR) is 61.6 cm³/mol. The minimum absolute atomic E-state index is 0.537. The van der Waals surface area contributed by atoms with E-state index in [1.165, 1.54) is 32.1 Å². The Labute approximate surface area is 93.7 Å². The first-order valence-corrected chi connectivity index (χ1v) is 7.90. The van der Waals surface area contributed by atoms with E-state index >= 15 is 0 Å². The van der Waals surface area contributed by atoms with Crippen LogP contribution in [0.5, 0.6) is 0 Å². The first-order valence-electron chi connectivity index (χ1n) is 5.68. The van der Waals surface area contributed by atoms with Crippen molar-refractivity contribution in [2.24, 2.45) is 0 Å². The van der Waals surface area contributed by atoms with Crippen LogP contribution in [0.15, 0.2) is 0 Å². The van der Waals surface area contributed by atoms with Gasteiger partial charge in [-0.25, -0.2) is 0 Å². The van der Waals surface area contributed by atoms with Gasteiger partial charge in [0.1, 0.15) is 0 Å². The van der Waals surface area contributed by atoms with Gasteiger partial charge in [-0.1, -0.05) is 19.3 Å². The highest BCUT2D eigenvalue weighted by molar-refractivity contribution is 6.59. The summed E-state index contributed by atoms with van der Waals surface area (Å²) in [5.74, 6) is 0. The predicted octanol–water partition coefficient (Wildman–Crippen LogP) is 1.74. The highest BCUT2D eigenvalue weighted by Crippen LogP contribution is 2.17. The van der Waals surface area contributed by atoms with Gasteiger partial charge in [-0.05, 0) is 12.8 Å². The van der Waals surface area contributed by atoms with Crippen molar-refractivity contribution in [1.82, 2.24) is 5.32 Å². The second-order valence-corrected chi connectivity index (χ2v) is 6.93. The summed E-state index contributed by atoms with van der Waals surface area (Å²) in [5.41, 5.74) is 0. The van der Waals surface area contributed by atoms with Crippen molar-refractivity contribution in [3.63, 3.8) is 0 Å². The summed E-state index contributed by atoms with van der Waals surface area (Å²) in [6.07, 6.45) is 6.58. The van der Waals surface area contributed by atoms with Crippen molar-refractivity contribution >= 4 is 8.80 Å². The Morgan fingerprint density at radius 3 is 2.27 bits per heavy atom. The van der Waals surface area contributed by atoms with Crippen LogP contribution in [0, 0.1) is 0 Å². The van der Waals surface area contributed by atoms with Crippen LogP contribution >= 0.6 is 0 Å². The Morgan fingerprint density at radius 1 is 1.13 bits per heavy atom. The van der Waals surface area contributed by atoms with Crippen LogP contribution in [0.4, 0.5) is 0 Å². The Balaban J connectivity index is 2.14. The third kappa shape index (κ3) is 4.61. The number of rotatable bonds is 6. The van der Waals surface area contributed by atoms with Gasteiger partial charge in [0.05, 0.1) is 6.73 Å². The van der Waals surface area contributed by atoms with Gasteiger partial charge < -0.3 is 13.3 Å². The lowest BCUT2D eigenvalue weighted by Gasteiger charge is -2.26. The van der Waals surface area contributed by atoms with Crippen molar-refractivity contribution in [3.05, 3.63) is 0 Å². The molecule has 0 aromatic carbocycles. The molecular formula is C10H23NO3Si. The van der Waals surface area contributed by atoms with Gasteiger partial charge in [0, 0.05) is 26.8 Å². The van der Waals surface area contributed by atoms with E-state index in [2.05, 4.69) is 5.32 Å². The maximum Gasteiger partial charge on any atom is 0.498 e. The molecule has 0 spiro atoms. The molecule has 0 aliphatic heterocycles. The SMILES string of the molecule is CO[Si](C)(OC)OCNC1CCCCC1. The Hall–Kier alpha value is 0.0569. The Kier molecular flexibility index (Phi) is 5.77. The highest BCUT2D eigenvalue weighted by atomic mass is 28.4. The lowest BCUT2D eigenvalue weighted by Crippen LogP contribution is -2.44. The second-order valence-electron chi connectivity index (χ2n) is 4.10. The van der Waals surface area contributed by atoms with Gasteiger partial charge >= 0.3 is 8.80 Å². The van der Waals surface area contributed by atoms with Crippen LogP contribution in [0.2, 0.25) is 6.55 Å². The molecule has 1 N–H and O–H groups in total. The third-order valence-electron chi connectivity index (χ3n) is 3.05. The molecule has 1 fully saturated rings. The zero-order valence-corrected chi connectivity index (χ0v) is 11.0. The van der Waals surface area contributed by atoms with Crippen LogP contribution in [-0.4, -0.2) is 35.8 Å². The number of nitrogens with one attached hydrogen (secondary N) is 1. The molecule has 0 aromatic rings. The molecule has 1 aliphatic rings. The van der Waals surface area contributed by atoms with Gasteiger partial charge in [0.15, 0.2) is 0 Å². The average Bonchev–Trinajstić information content (AvgIpc) is 2.30. The summed E-state index contributed by atoms with van der Waals surface area (Å²) in [6.45, 7) is 2.44. The first kappa shape index (κ1) is 13.1. The summed E-state index contributed by atoms with van der Waals surface area (Å²) in [5, 5.41) is 3.40. The van der Waals surface area contributed by atoms with E-state index in [1.54, 1.807) is 14.2 Å². The Bertz CT molecular complexity index is 170. The molecule has 0 saturated heterocycles. The highest BCUT2D eigenvalue weighted by Gasteiger charge is 2.31. The largest absolute Gasteiger partial charge is 0.498 e. The maximum absolute atomic E-state index is 5.61. The molecule has 0 radical (unpaired) electrons. The van der Waals surface area contributed by atoms with E-state index in [0.717, 1.165) is 0 Å². The van der Waals surface area contributed by atoms with Crippen molar-refractivity contribution in [2.75, 3.05) is 21.0 Å². The summed E-state index contributed by atoms with van der Waals surface area (Å²) in [7, 11) is 0.926. The van der Waals surface area contributed by atoms with Crippen LogP contribution in [-0.2, 0) is 13.3 Å². The second kappa shape index (κ2) is 6.60. The molecule has 15 heavy (non-hydrogen) atoms. The van der Waals surface area contributed by atoms with Crippen LogP contribution in [0.1, 0.15) is 32.1 Å². The topological polar surface area (TPSA) is 39.7 Å². The summed E-state index contributed by atoms with van der Waals surface area (Å²) in [4.78, 5) is 0. The normalized spacial score (nSPS) is 19.4. The minimum atomic E-state index is -2.34. The summed E-state index contributed by atoms with van der Waals surface area (Å²) in [6, 6.07) is 0.616. The fourth-order valence-corrected chi connectivity index (χ4v) is 2.55. The van der Waals surface area contributed by atoms with Crippen LogP contribution in [0.3, 0.4) is 0 Å². The fraction of sp³-hybridized carbons (Fsp3) is 1.00. The van der Waals surface area contributed by atoms with Crippen LogP contribution < -0.4 is 5.32 Å². The zero-order chi connectivity index (χ0) is 11.1. The standard InChI is InChI=1S/C10H23NO3Si/c1-12-15(3,13-2)14-9-11-10-7-5-4-6-8-10/h10-11H,4-9H2,1-3H3. The van der Waals surface area contributed by atoms with E-state index in [4.69, 9.17) is 13.3 Å². The van der Waals surface area contributed by atoms with Gasteiger partial charge in [-0.3, -0.25) is 5.32 Å². The van der Waals surface area contributed by atoms with Gasteiger partial charge in [0.25, 0.3) is 0 Å². The number of hydrogen-bond acceptors (Lipinski definition) is 4. The third-order valence-corrected chi connectivity index (χ3v) is 5.20. The van der Waals surface area contributed by atoms with E-state index in [-0.39, 0.29) is 0 Å². The van der Waals surface area contributed by atoms with Crippen LogP contribution in [0.25, 0.3) is 0 Å². The summed E-state index contributed by atoms with van der Waals surface area (Å²) >= 11 is 0. The molecule has 4 nitrogen and oxygen atoms in total. The zero-order valence-electron chi connectivity index (χ0n) is 10.0. The molecule has 5 heteroatoms. The van der Waals surface area contributed by atoms with Crippen molar-refractivity contribution in [2.45, 2.75) is 44.7 Å². The number of hydrogen-bond donors (Lipinski definition) is 1. The summed E-state index contributed by atoms with van der Waals surface area (Å²) < 4.78 is 16.1. The maximum atomic E-state index is 5.61. The fourth-order valence-electron chi connectivity index (χ4n) is 1.80. The van der Waals surface area contributed by atoms with E-state index in [9.17, 15) is 0 Å². The molecule has 0 heterocycles. The first-order chi connectivity index (χ1) is 7.20. The molecule has 0 atom stereocenters. The lowest BCUT2D eigenvalue weighted by molar-refractivity contribution is 0.0906. The molecule has 0 unspecified atom stereocenters. The molecule has 1 aliphatic carbocycles. The molecule has 90 valence electrons. The monoisotopic (exact) mass is 233 g/mol. The van der Waals surface area contributed by atoms with E-state index in [0.29, 0.717) is 12.8 Å². The van der Waals surface area contributed by atoms with Gasteiger partial charge in [-0.15, -0.1) is 0 Å². The molecule has 0 aromatic heterocycles. The molecule has 0 bridgehead atoms. The van der Waals surface area contributed by atoms with Gasteiger partial charge in [0.2, 0.25) is 0 Å². The van der Waals surface area contributed by atoms with Crippen molar-refractivity contribution in [3.8, 4) is 0 Å². The van der Waals surface area contributed by atoms with Gasteiger partial charge in [-0.2, -0.15) is 0 Å². The molecule has 1 saturated carbocycles. The quantitative estimate of drug-likeness (QED) is 0.560.